The molecule has 11 heteroatoms. The second-order valence-corrected chi connectivity index (χ2v) is 9.98. The van der Waals surface area contributed by atoms with Crippen LogP contribution in [0.2, 0.25) is 5.02 Å². The number of alkyl halides is 3. The molecule has 35 heavy (non-hydrogen) atoms. The molecule has 1 amide bonds. The summed E-state index contributed by atoms with van der Waals surface area (Å²) < 4.78 is 70.9. The van der Waals surface area contributed by atoms with E-state index < -0.39 is 27.7 Å². The molecule has 0 aromatic heterocycles. The lowest BCUT2D eigenvalue weighted by Crippen LogP contribution is -2.27. The van der Waals surface area contributed by atoms with E-state index in [2.05, 4.69) is 5.32 Å². The highest BCUT2D eigenvalue weighted by Crippen LogP contribution is 2.30. The van der Waals surface area contributed by atoms with Gasteiger partial charge in [0.05, 0.1) is 17.1 Å². The summed E-state index contributed by atoms with van der Waals surface area (Å²) in [6.07, 6.45) is -4.48. The molecule has 0 radical (unpaired) electrons. The maximum atomic E-state index is 13.0. The largest absolute Gasteiger partial charge is 0.494 e. The van der Waals surface area contributed by atoms with Gasteiger partial charge in [0.25, 0.3) is 5.91 Å². The number of carbonyl (C=O) groups is 1. The molecule has 1 N–H and O–H groups in total. The van der Waals surface area contributed by atoms with Gasteiger partial charge in [-0.15, -0.1) is 0 Å². The molecule has 0 unspecified atom stereocenters. The maximum absolute atomic E-state index is 13.0. The van der Waals surface area contributed by atoms with Gasteiger partial charge < -0.3 is 10.1 Å². The van der Waals surface area contributed by atoms with Gasteiger partial charge in [0.15, 0.2) is 0 Å². The zero-order valence-corrected chi connectivity index (χ0v) is 20.3. The van der Waals surface area contributed by atoms with Crippen LogP contribution in [0.4, 0.5) is 18.9 Å². The number of carbonyl (C=O) groups excluding carboxylic acids is 1. The van der Waals surface area contributed by atoms with E-state index in [9.17, 15) is 26.4 Å². The minimum absolute atomic E-state index is 0.0542. The average Bonchev–Trinajstić information content (AvgIpc) is 2.80. The lowest BCUT2D eigenvalue weighted by atomic mass is 10.1. The zero-order chi connectivity index (χ0) is 25.8. The highest BCUT2D eigenvalue weighted by Gasteiger charge is 2.30. The van der Waals surface area contributed by atoms with Crippen LogP contribution in [0.1, 0.15) is 28.4 Å². The minimum Gasteiger partial charge on any atom is -0.494 e. The number of ether oxygens (including phenoxy) is 1. The van der Waals surface area contributed by atoms with Crippen LogP contribution >= 0.6 is 11.6 Å². The number of amides is 1. The highest BCUT2D eigenvalue weighted by molar-refractivity contribution is 7.89. The summed E-state index contributed by atoms with van der Waals surface area (Å²) in [5.74, 6) is -0.172. The Hall–Kier alpha value is -3.08. The van der Waals surface area contributed by atoms with Gasteiger partial charge in [-0.05, 0) is 73.7 Å². The fraction of sp³-hybridized carbons (Fsp3) is 0.208. The van der Waals surface area contributed by atoms with Gasteiger partial charge >= 0.3 is 6.18 Å². The molecular formula is C24H22ClF3N2O4S. The Kier molecular flexibility index (Phi) is 8.09. The normalized spacial score (nSPS) is 12.0. The Morgan fingerprint density at radius 1 is 1.03 bits per heavy atom. The fourth-order valence-corrected chi connectivity index (χ4v) is 4.47. The number of hydrogen-bond donors (Lipinski definition) is 1. The summed E-state index contributed by atoms with van der Waals surface area (Å²) in [6.45, 7) is 1.99. The van der Waals surface area contributed by atoms with E-state index in [1.165, 1.54) is 43.4 Å². The first-order valence-corrected chi connectivity index (χ1v) is 12.2. The Labute approximate surface area is 206 Å². The zero-order valence-electron chi connectivity index (χ0n) is 18.8. The van der Waals surface area contributed by atoms with Crippen molar-refractivity contribution in [1.29, 1.82) is 0 Å². The Balaban J connectivity index is 1.83. The predicted octanol–water partition coefficient (Wildman–Crippen LogP) is 5.83. The Morgan fingerprint density at radius 2 is 1.66 bits per heavy atom. The molecule has 0 heterocycles. The third-order valence-electron chi connectivity index (χ3n) is 5.01. The molecular weight excluding hydrogens is 505 g/mol. The van der Waals surface area contributed by atoms with Gasteiger partial charge in [0.1, 0.15) is 5.75 Å². The third kappa shape index (κ3) is 6.53. The molecule has 0 spiro atoms. The van der Waals surface area contributed by atoms with Crippen LogP contribution in [0, 0.1) is 0 Å². The van der Waals surface area contributed by atoms with Crippen LogP contribution in [0.5, 0.6) is 5.75 Å². The fourth-order valence-electron chi connectivity index (χ4n) is 3.20. The van der Waals surface area contributed by atoms with E-state index >= 15 is 0 Å². The molecule has 0 aliphatic carbocycles. The standard InChI is InChI=1S/C24H22ClF3N2O4S/c1-3-34-22-13-4-16(23(31)29-20-9-5-18(6-10-20)24(26,27)28)14-17(22)15-30(2)35(32,33)21-11-7-19(25)8-12-21/h4-14H,3,15H2,1-2H3,(H,29,31). The topological polar surface area (TPSA) is 75.7 Å². The number of hydrogen-bond acceptors (Lipinski definition) is 4. The van der Waals surface area contributed by atoms with E-state index in [0.29, 0.717) is 22.9 Å². The number of rotatable bonds is 8. The molecule has 6 nitrogen and oxygen atoms in total. The van der Waals surface area contributed by atoms with Gasteiger partial charge in [-0.3, -0.25) is 4.79 Å². The van der Waals surface area contributed by atoms with Crippen molar-refractivity contribution in [3.05, 3.63) is 88.4 Å². The molecule has 0 fully saturated rings. The van der Waals surface area contributed by atoms with E-state index in [0.717, 1.165) is 28.6 Å². The summed E-state index contributed by atoms with van der Waals surface area (Å²) >= 11 is 5.85. The van der Waals surface area contributed by atoms with Crippen LogP contribution in [-0.4, -0.2) is 32.3 Å². The van der Waals surface area contributed by atoms with Crippen molar-refractivity contribution in [2.75, 3.05) is 19.0 Å². The lowest BCUT2D eigenvalue weighted by Gasteiger charge is -2.20. The number of halogens is 4. The van der Waals surface area contributed by atoms with Gasteiger partial charge in [-0.25, -0.2) is 8.42 Å². The molecule has 3 rings (SSSR count). The monoisotopic (exact) mass is 526 g/mol. The summed E-state index contributed by atoms with van der Waals surface area (Å²) in [4.78, 5) is 12.8. The van der Waals surface area contributed by atoms with E-state index in [4.69, 9.17) is 16.3 Å². The Bertz CT molecular complexity index is 1300. The summed E-state index contributed by atoms with van der Waals surface area (Å²) in [7, 11) is -2.46. The molecule has 186 valence electrons. The Morgan fingerprint density at radius 3 is 2.23 bits per heavy atom. The van der Waals surface area contributed by atoms with Crippen molar-refractivity contribution in [3.63, 3.8) is 0 Å². The molecule has 0 aliphatic heterocycles. The van der Waals surface area contributed by atoms with E-state index in [1.807, 2.05) is 0 Å². The second kappa shape index (κ2) is 10.7. The van der Waals surface area contributed by atoms with Crippen molar-refractivity contribution >= 4 is 33.2 Å². The first-order valence-electron chi connectivity index (χ1n) is 10.4. The van der Waals surface area contributed by atoms with Gasteiger partial charge in [0.2, 0.25) is 10.0 Å². The van der Waals surface area contributed by atoms with Crippen LogP contribution in [0.25, 0.3) is 0 Å². The summed E-state index contributed by atoms with van der Waals surface area (Å²) in [5, 5.41) is 2.94. The highest BCUT2D eigenvalue weighted by atomic mass is 35.5. The van der Waals surface area contributed by atoms with Crippen LogP contribution in [0.15, 0.2) is 71.6 Å². The minimum atomic E-state index is -4.48. The van der Waals surface area contributed by atoms with Crippen molar-refractivity contribution in [2.24, 2.45) is 0 Å². The smallest absolute Gasteiger partial charge is 0.416 e. The van der Waals surface area contributed by atoms with Gasteiger partial charge in [-0.2, -0.15) is 17.5 Å². The number of sulfonamides is 1. The van der Waals surface area contributed by atoms with Gasteiger partial charge in [-0.1, -0.05) is 11.6 Å². The van der Waals surface area contributed by atoms with Crippen LogP contribution in [-0.2, 0) is 22.7 Å². The van der Waals surface area contributed by atoms with Crippen molar-refractivity contribution in [3.8, 4) is 5.75 Å². The van der Waals surface area contributed by atoms with E-state index in [1.54, 1.807) is 13.0 Å². The van der Waals surface area contributed by atoms with E-state index in [-0.39, 0.29) is 22.7 Å². The van der Waals surface area contributed by atoms with Gasteiger partial charge in [0, 0.05) is 35.4 Å². The van der Waals surface area contributed by atoms with Crippen molar-refractivity contribution < 1.29 is 31.1 Å². The summed E-state index contributed by atoms with van der Waals surface area (Å²) in [5.41, 5.74) is -0.0303. The number of benzene rings is 3. The molecule has 3 aromatic rings. The molecule has 0 bridgehead atoms. The first kappa shape index (κ1) is 26.5. The maximum Gasteiger partial charge on any atom is 0.416 e. The summed E-state index contributed by atoms with van der Waals surface area (Å²) in [6, 6.07) is 14.3. The predicted molar refractivity (Wildman–Crippen MR) is 127 cm³/mol. The van der Waals surface area contributed by atoms with Crippen LogP contribution in [0.3, 0.4) is 0 Å². The number of anilines is 1. The third-order valence-corrected chi connectivity index (χ3v) is 7.08. The number of nitrogens with one attached hydrogen (secondary N) is 1. The van der Waals surface area contributed by atoms with Crippen molar-refractivity contribution in [1.82, 2.24) is 4.31 Å². The second-order valence-electron chi connectivity index (χ2n) is 7.50. The SMILES string of the molecule is CCOc1ccc(C(=O)Nc2ccc(C(F)(F)F)cc2)cc1CN(C)S(=O)(=O)c1ccc(Cl)cc1. The number of nitrogens with zero attached hydrogens (tertiary/aromatic N) is 1. The molecule has 0 aliphatic rings. The first-order chi connectivity index (χ1) is 16.4. The lowest BCUT2D eigenvalue weighted by molar-refractivity contribution is -0.137. The van der Waals surface area contributed by atoms with Crippen LogP contribution < -0.4 is 10.1 Å². The quantitative estimate of drug-likeness (QED) is 0.401. The molecule has 0 atom stereocenters. The molecule has 0 saturated heterocycles. The average molecular weight is 527 g/mol. The molecule has 0 saturated carbocycles. The molecule has 3 aromatic carbocycles. The van der Waals surface area contributed by atoms with Crippen molar-refractivity contribution in [2.45, 2.75) is 24.5 Å².